The molecule has 0 amide bonds. The third kappa shape index (κ3) is 2.07. The molecule has 94 valence electrons. The second kappa shape index (κ2) is 4.53. The van der Waals surface area contributed by atoms with Crippen molar-refractivity contribution in [3.63, 3.8) is 0 Å². The number of nitrogens with zero attached hydrogens (tertiary/aromatic N) is 2. The van der Waals surface area contributed by atoms with Crippen molar-refractivity contribution in [1.29, 1.82) is 0 Å². The smallest absolute Gasteiger partial charge is 0.275 e. The molecule has 1 heterocycles. The molecule has 2 rings (SSSR count). The first-order chi connectivity index (χ1) is 8.52. The van der Waals surface area contributed by atoms with Gasteiger partial charge in [-0.2, -0.15) is 9.78 Å². The van der Waals surface area contributed by atoms with E-state index in [4.69, 9.17) is 5.11 Å². The molecule has 2 aromatic rings. The van der Waals surface area contributed by atoms with Crippen LogP contribution in [-0.4, -0.2) is 20.0 Å². The topological polar surface area (TPSA) is 75.3 Å². The molecule has 18 heavy (non-hydrogen) atoms. The maximum absolute atomic E-state index is 13.5. The number of rotatable bonds is 2. The Morgan fingerprint density at radius 3 is 2.61 bits per heavy atom. The van der Waals surface area contributed by atoms with E-state index >= 15 is 0 Å². The van der Waals surface area contributed by atoms with E-state index in [9.17, 15) is 18.7 Å². The van der Waals surface area contributed by atoms with Crippen molar-refractivity contribution in [2.24, 2.45) is 0 Å². The summed E-state index contributed by atoms with van der Waals surface area (Å²) in [5, 5.41) is 21.8. The van der Waals surface area contributed by atoms with Gasteiger partial charge in [-0.05, 0) is 12.1 Å². The number of benzene rings is 1. The van der Waals surface area contributed by atoms with Crippen LogP contribution in [0.15, 0.2) is 29.1 Å². The summed E-state index contributed by atoms with van der Waals surface area (Å²) in [6.45, 7) is -0.616. The summed E-state index contributed by atoms with van der Waals surface area (Å²) in [5.74, 6) is -2.24. The van der Waals surface area contributed by atoms with E-state index in [0.717, 1.165) is 18.2 Å². The Bertz CT molecular complexity index is 655. The van der Waals surface area contributed by atoms with Crippen molar-refractivity contribution >= 4 is 0 Å². The zero-order chi connectivity index (χ0) is 13.3. The molecule has 1 aromatic carbocycles. The Labute approximate surface area is 99.6 Å². The molecular formula is C11H8F2N2O3. The highest BCUT2D eigenvalue weighted by atomic mass is 19.1. The van der Waals surface area contributed by atoms with E-state index in [-0.39, 0.29) is 11.4 Å². The Hall–Kier alpha value is -2.28. The van der Waals surface area contributed by atoms with Crippen LogP contribution < -0.4 is 5.56 Å². The SMILES string of the molecule is O=c1cc(O)c(CO)nn1-c1ccc(F)cc1F. The molecule has 0 spiro atoms. The minimum Gasteiger partial charge on any atom is -0.506 e. The van der Waals surface area contributed by atoms with Gasteiger partial charge in [0.25, 0.3) is 5.56 Å². The summed E-state index contributed by atoms with van der Waals surface area (Å²) in [7, 11) is 0. The van der Waals surface area contributed by atoms with Gasteiger partial charge in [-0.25, -0.2) is 8.78 Å². The number of aliphatic hydroxyl groups excluding tert-OH is 1. The lowest BCUT2D eigenvalue weighted by Crippen LogP contribution is -2.22. The maximum atomic E-state index is 13.5. The number of halogens is 2. The summed E-state index contributed by atoms with van der Waals surface area (Å²) in [4.78, 5) is 11.5. The molecule has 0 saturated heterocycles. The largest absolute Gasteiger partial charge is 0.506 e. The third-order valence-electron chi connectivity index (χ3n) is 2.27. The van der Waals surface area contributed by atoms with Crippen molar-refractivity contribution in [2.45, 2.75) is 6.61 Å². The van der Waals surface area contributed by atoms with Crippen LogP contribution in [0.25, 0.3) is 5.69 Å². The highest BCUT2D eigenvalue weighted by molar-refractivity contribution is 5.34. The van der Waals surface area contributed by atoms with Crippen molar-refractivity contribution in [3.8, 4) is 11.4 Å². The number of hydrogen-bond acceptors (Lipinski definition) is 4. The van der Waals surface area contributed by atoms with Crippen LogP contribution >= 0.6 is 0 Å². The van der Waals surface area contributed by atoms with Crippen LogP contribution in [0.4, 0.5) is 8.78 Å². The molecular weight excluding hydrogens is 246 g/mol. The normalized spacial score (nSPS) is 10.6. The van der Waals surface area contributed by atoms with Crippen LogP contribution in [0, 0.1) is 11.6 Å². The average molecular weight is 254 g/mol. The quantitative estimate of drug-likeness (QED) is 0.827. The van der Waals surface area contributed by atoms with Gasteiger partial charge >= 0.3 is 0 Å². The first-order valence-corrected chi connectivity index (χ1v) is 4.91. The Balaban J connectivity index is 2.67. The van der Waals surface area contributed by atoms with Gasteiger partial charge in [0.15, 0.2) is 5.82 Å². The number of aromatic hydroxyl groups is 1. The van der Waals surface area contributed by atoms with Gasteiger partial charge in [-0.1, -0.05) is 0 Å². The first-order valence-electron chi connectivity index (χ1n) is 4.91. The molecule has 0 saturated carbocycles. The number of aromatic nitrogens is 2. The average Bonchev–Trinajstić information content (AvgIpc) is 2.30. The van der Waals surface area contributed by atoms with Gasteiger partial charge in [0.05, 0.1) is 6.61 Å². The Morgan fingerprint density at radius 2 is 2.00 bits per heavy atom. The fourth-order valence-corrected chi connectivity index (χ4v) is 1.42. The maximum Gasteiger partial charge on any atom is 0.275 e. The molecule has 5 nitrogen and oxygen atoms in total. The van der Waals surface area contributed by atoms with Gasteiger partial charge in [-0.15, -0.1) is 0 Å². The summed E-state index contributed by atoms with van der Waals surface area (Å²) in [5.41, 5.74) is -1.25. The lowest BCUT2D eigenvalue weighted by atomic mass is 10.3. The molecule has 0 aliphatic carbocycles. The van der Waals surface area contributed by atoms with Crippen molar-refractivity contribution < 1.29 is 19.0 Å². The van der Waals surface area contributed by atoms with E-state index < -0.39 is 29.6 Å². The molecule has 0 radical (unpaired) electrons. The van der Waals surface area contributed by atoms with E-state index in [1.165, 1.54) is 0 Å². The predicted octanol–water partition coefficient (Wildman–Crippen LogP) is 0.709. The lowest BCUT2D eigenvalue weighted by molar-refractivity contribution is 0.266. The van der Waals surface area contributed by atoms with Crippen LogP contribution in [0.2, 0.25) is 0 Å². The van der Waals surface area contributed by atoms with Crippen LogP contribution in [0.3, 0.4) is 0 Å². The highest BCUT2D eigenvalue weighted by Crippen LogP contribution is 2.15. The molecule has 0 atom stereocenters. The van der Waals surface area contributed by atoms with Crippen molar-refractivity contribution in [1.82, 2.24) is 9.78 Å². The summed E-state index contributed by atoms with van der Waals surface area (Å²) in [6, 6.07) is 3.41. The van der Waals surface area contributed by atoms with Crippen LogP contribution in [0.5, 0.6) is 5.75 Å². The van der Waals surface area contributed by atoms with Gasteiger partial charge in [0, 0.05) is 12.1 Å². The van der Waals surface area contributed by atoms with Crippen molar-refractivity contribution in [3.05, 3.63) is 51.9 Å². The summed E-state index contributed by atoms with van der Waals surface area (Å²) >= 11 is 0. The number of aliphatic hydroxyl groups is 1. The Morgan fingerprint density at radius 1 is 1.28 bits per heavy atom. The molecule has 0 unspecified atom stereocenters. The second-order valence-electron chi connectivity index (χ2n) is 3.48. The number of hydrogen-bond donors (Lipinski definition) is 2. The van der Waals surface area contributed by atoms with Gasteiger partial charge in [-0.3, -0.25) is 4.79 Å². The molecule has 0 aliphatic heterocycles. The van der Waals surface area contributed by atoms with E-state index in [0.29, 0.717) is 10.7 Å². The summed E-state index contributed by atoms with van der Waals surface area (Å²) < 4.78 is 26.9. The zero-order valence-corrected chi connectivity index (χ0v) is 8.97. The third-order valence-corrected chi connectivity index (χ3v) is 2.27. The highest BCUT2D eigenvalue weighted by Gasteiger charge is 2.12. The molecule has 7 heteroatoms. The molecule has 0 aliphatic rings. The molecule has 1 aromatic heterocycles. The van der Waals surface area contributed by atoms with E-state index in [2.05, 4.69) is 5.10 Å². The van der Waals surface area contributed by atoms with Crippen LogP contribution in [-0.2, 0) is 6.61 Å². The first kappa shape index (κ1) is 12.2. The monoisotopic (exact) mass is 254 g/mol. The van der Waals surface area contributed by atoms with Crippen molar-refractivity contribution in [2.75, 3.05) is 0 Å². The Kier molecular flexibility index (Phi) is 3.07. The predicted molar refractivity (Wildman–Crippen MR) is 57.3 cm³/mol. The zero-order valence-electron chi connectivity index (χ0n) is 8.97. The fourth-order valence-electron chi connectivity index (χ4n) is 1.42. The van der Waals surface area contributed by atoms with E-state index in [1.807, 2.05) is 0 Å². The van der Waals surface area contributed by atoms with Gasteiger partial charge < -0.3 is 10.2 Å². The summed E-state index contributed by atoms with van der Waals surface area (Å²) in [6.07, 6.45) is 0. The second-order valence-corrected chi connectivity index (χ2v) is 3.48. The van der Waals surface area contributed by atoms with E-state index in [1.54, 1.807) is 0 Å². The molecule has 2 N–H and O–H groups in total. The minimum atomic E-state index is -0.973. The minimum absolute atomic E-state index is 0.182. The standard InChI is InChI=1S/C11H8F2N2O3/c12-6-1-2-9(7(13)3-6)15-11(18)4-10(17)8(5-16)14-15/h1-4,16-17H,5H2. The molecule has 0 bridgehead atoms. The van der Waals surface area contributed by atoms with Gasteiger partial charge in [0.1, 0.15) is 22.9 Å². The molecule has 0 fully saturated rings. The fraction of sp³-hybridized carbons (Fsp3) is 0.0909. The lowest BCUT2D eigenvalue weighted by Gasteiger charge is -2.08. The van der Waals surface area contributed by atoms with Gasteiger partial charge in [0.2, 0.25) is 0 Å². The van der Waals surface area contributed by atoms with Crippen LogP contribution in [0.1, 0.15) is 5.69 Å².